The molecule has 1 N–H and O–H groups in total. The van der Waals surface area contributed by atoms with Gasteiger partial charge in [0.25, 0.3) is 0 Å². The van der Waals surface area contributed by atoms with Crippen LogP contribution in [-0.4, -0.2) is 15.9 Å². The van der Waals surface area contributed by atoms with E-state index in [0.29, 0.717) is 5.82 Å². The number of hydrogen-bond donors (Lipinski definition) is 1. The minimum Gasteiger partial charge on any atom is -0.308 e. The Kier molecular flexibility index (Phi) is 4.49. The average Bonchev–Trinajstić information content (AvgIpc) is 2.21. The van der Waals surface area contributed by atoms with E-state index in [1.807, 2.05) is 13.8 Å². The summed E-state index contributed by atoms with van der Waals surface area (Å²) in [5.74, 6) is 0.222. The predicted octanol–water partition coefficient (Wildman–Crippen LogP) is 2.50. The lowest BCUT2D eigenvalue weighted by atomic mass is 10.1. The molecule has 0 saturated carbocycles. The van der Waals surface area contributed by atoms with Crippen molar-refractivity contribution < 1.29 is 4.79 Å². The highest BCUT2D eigenvalue weighted by Gasteiger charge is 2.13. The lowest BCUT2D eigenvalue weighted by molar-refractivity contribution is -0.119. The first-order valence-corrected chi connectivity index (χ1v) is 5.30. The first-order valence-electron chi connectivity index (χ1n) is 4.92. The number of nitrogens with one attached hydrogen (secondary N) is 1. The summed E-state index contributed by atoms with van der Waals surface area (Å²) in [7, 11) is 0. The van der Waals surface area contributed by atoms with Crippen LogP contribution in [0.15, 0.2) is 12.4 Å². The van der Waals surface area contributed by atoms with E-state index in [9.17, 15) is 4.79 Å². The van der Waals surface area contributed by atoms with Crippen LogP contribution in [0, 0.1) is 5.92 Å². The van der Waals surface area contributed by atoms with Gasteiger partial charge in [-0.3, -0.25) is 4.79 Å². The maximum atomic E-state index is 11.6. The van der Waals surface area contributed by atoms with E-state index in [0.717, 1.165) is 12.8 Å². The predicted molar refractivity (Wildman–Crippen MR) is 59.7 cm³/mol. The number of carbonyl (C=O) groups excluding carboxylic acids is 1. The molecule has 1 aromatic rings. The Labute approximate surface area is 94.1 Å². The number of nitrogens with zero attached hydrogens (tertiary/aromatic N) is 2. The van der Waals surface area contributed by atoms with Gasteiger partial charge < -0.3 is 5.32 Å². The fourth-order valence-corrected chi connectivity index (χ4v) is 1.36. The molecule has 1 atom stereocenters. The number of hydrogen-bond acceptors (Lipinski definition) is 3. The molecule has 0 aliphatic heterocycles. The average molecular weight is 228 g/mol. The molecule has 0 fully saturated rings. The Bertz CT molecular complexity index is 343. The molecule has 0 spiro atoms. The van der Waals surface area contributed by atoms with Gasteiger partial charge in [0.2, 0.25) is 5.91 Å². The highest BCUT2D eigenvalue weighted by Crippen LogP contribution is 2.16. The summed E-state index contributed by atoms with van der Waals surface area (Å²) in [6.45, 7) is 3.92. The topological polar surface area (TPSA) is 54.9 Å². The van der Waals surface area contributed by atoms with Gasteiger partial charge in [-0.15, -0.1) is 0 Å². The van der Waals surface area contributed by atoms with Crippen molar-refractivity contribution in [2.45, 2.75) is 26.7 Å². The monoisotopic (exact) mass is 227 g/mol. The van der Waals surface area contributed by atoms with Crippen LogP contribution in [0.3, 0.4) is 0 Å². The molecular formula is C10H14ClN3O. The Balaban J connectivity index is 2.62. The zero-order valence-corrected chi connectivity index (χ0v) is 9.58. The molecule has 5 heteroatoms. The Morgan fingerprint density at radius 2 is 2.20 bits per heavy atom. The van der Waals surface area contributed by atoms with Crippen molar-refractivity contribution in [1.29, 1.82) is 0 Å². The minimum atomic E-state index is -0.0701. The fourth-order valence-electron chi connectivity index (χ4n) is 1.21. The van der Waals surface area contributed by atoms with Crippen LogP contribution in [0.25, 0.3) is 0 Å². The molecule has 82 valence electrons. The molecule has 1 amide bonds. The molecule has 1 rings (SSSR count). The van der Waals surface area contributed by atoms with Crippen molar-refractivity contribution in [3.63, 3.8) is 0 Å². The Morgan fingerprint density at radius 3 is 2.80 bits per heavy atom. The van der Waals surface area contributed by atoms with Crippen LogP contribution in [0.5, 0.6) is 0 Å². The second-order valence-electron chi connectivity index (χ2n) is 3.37. The van der Waals surface area contributed by atoms with Gasteiger partial charge in [0.05, 0.1) is 0 Å². The van der Waals surface area contributed by atoms with Gasteiger partial charge >= 0.3 is 0 Å². The van der Waals surface area contributed by atoms with Gasteiger partial charge in [-0.1, -0.05) is 31.9 Å². The third-order valence-corrected chi connectivity index (χ3v) is 2.34. The van der Waals surface area contributed by atoms with E-state index >= 15 is 0 Å². The molecule has 0 saturated heterocycles. The van der Waals surface area contributed by atoms with E-state index in [2.05, 4.69) is 15.3 Å². The normalized spacial score (nSPS) is 12.2. The number of aromatic nitrogens is 2. The van der Waals surface area contributed by atoms with E-state index < -0.39 is 0 Å². The number of rotatable bonds is 4. The van der Waals surface area contributed by atoms with Gasteiger partial charge in [-0.2, -0.15) is 0 Å². The second-order valence-corrected chi connectivity index (χ2v) is 3.73. The smallest absolute Gasteiger partial charge is 0.228 e. The van der Waals surface area contributed by atoms with Crippen LogP contribution in [-0.2, 0) is 4.79 Å². The van der Waals surface area contributed by atoms with Gasteiger partial charge in [-0.05, 0) is 6.42 Å². The summed E-state index contributed by atoms with van der Waals surface area (Å²) >= 11 is 5.76. The summed E-state index contributed by atoms with van der Waals surface area (Å²) in [5, 5.41) is 2.87. The molecule has 0 aliphatic rings. The quantitative estimate of drug-likeness (QED) is 0.860. The third-order valence-electron chi connectivity index (χ3n) is 2.06. The van der Waals surface area contributed by atoms with Gasteiger partial charge in [0.1, 0.15) is 0 Å². The van der Waals surface area contributed by atoms with E-state index in [1.165, 1.54) is 12.4 Å². The molecule has 0 aromatic carbocycles. The maximum Gasteiger partial charge on any atom is 0.228 e. The molecule has 0 aliphatic carbocycles. The first-order chi connectivity index (χ1) is 7.15. The molecule has 0 radical (unpaired) electrons. The van der Waals surface area contributed by atoms with E-state index in [-0.39, 0.29) is 17.0 Å². The Hall–Kier alpha value is -1.16. The second kappa shape index (κ2) is 5.66. The summed E-state index contributed by atoms with van der Waals surface area (Å²) in [4.78, 5) is 19.4. The largest absolute Gasteiger partial charge is 0.308 e. The highest BCUT2D eigenvalue weighted by atomic mass is 35.5. The highest BCUT2D eigenvalue weighted by molar-refractivity contribution is 6.32. The van der Waals surface area contributed by atoms with Crippen LogP contribution in [0.1, 0.15) is 26.7 Å². The fraction of sp³-hybridized carbons (Fsp3) is 0.500. The molecule has 4 nitrogen and oxygen atoms in total. The minimum absolute atomic E-state index is 0.0342. The molecule has 0 bridgehead atoms. The number of carbonyl (C=O) groups is 1. The summed E-state index contributed by atoms with van der Waals surface area (Å²) < 4.78 is 0. The number of halogens is 1. The lowest BCUT2D eigenvalue weighted by Gasteiger charge is -2.10. The van der Waals surface area contributed by atoms with Crippen LogP contribution in [0.4, 0.5) is 5.82 Å². The van der Waals surface area contributed by atoms with Crippen molar-refractivity contribution in [2.24, 2.45) is 5.92 Å². The van der Waals surface area contributed by atoms with E-state index in [4.69, 9.17) is 11.6 Å². The molecule has 1 heterocycles. The molecular weight excluding hydrogens is 214 g/mol. The first kappa shape index (κ1) is 11.9. The zero-order valence-electron chi connectivity index (χ0n) is 8.83. The van der Waals surface area contributed by atoms with Crippen molar-refractivity contribution in [1.82, 2.24) is 9.97 Å². The lowest BCUT2D eigenvalue weighted by Crippen LogP contribution is -2.21. The van der Waals surface area contributed by atoms with E-state index in [1.54, 1.807) is 0 Å². The van der Waals surface area contributed by atoms with Crippen molar-refractivity contribution >= 4 is 23.3 Å². The van der Waals surface area contributed by atoms with Crippen molar-refractivity contribution in [3.8, 4) is 0 Å². The van der Waals surface area contributed by atoms with Gasteiger partial charge in [-0.25, -0.2) is 9.97 Å². The summed E-state index contributed by atoms with van der Waals surface area (Å²) in [6.07, 6.45) is 4.80. The van der Waals surface area contributed by atoms with Crippen molar-refractivity contribution in [2.75, 3.05) is 5.32 Å². The number of anilines is 1. The third kappa shape index (κ3) is 3.47. The number of amides is 1. The molecule has 1 unspecified atom stereocenters. The summed E-state index contributed by atoms with van der Waals surface area (Å²) in [6, 6.07) is 0. The molecule has 1 aromatic heterocycles. The SMILES string of the molecule is CCCC(C)C(=O)Nc1nccnc1Cl. The standard InChI is InChI=1S/C10H14ClN3O/c1-3-4-7(2)10(15)14-9-8(11)12-5-6-13-9/h5-7H,3-4H2,1-2H3,(H,13,14,15). The summed E-state index contributed by atoms with van der Waals surface area (Å²) in [5.41, 5.74) is 0. The van der Waals surface area contributed by atoms with Crippen LogP contribution >= 0.6 is 11.6 Å². The van der Waals surface area contributed by atoms with Gasteiger partial charge in [0, 0.05) is 18.3 Å². The van der Waals surface area contributed by atoms with Crippen LogP contribution < -0.4 is 5.32 Å². The van der Waals surface area contributed by atoms with Crippen molar-refractivity contribution in [3.05, 3.63) is 17.5 Å². The van der Waals surface area contributed by atoms with Gasteiger partial charge in [0.15, 0.2) is 11.0 Å². The molecule has 15 heavy (non-hydrogen) atoms. The Morgan fingerprint density at radius 1 is 1.53 bits per heavy atom. The van der Waals surface area contributed by atoms with Crippen LogP contribution in [0.2, 0.25) is 5.15 Å². The zero-order chi connectivity index (χ0) is 11.3. The maximum absolute atomic E-state index is 11.6.